The van der Waals surface area contributed by atoms with Crippen LogP contribution in [0.4, 0.5) is 10.1 Å². The minimum absolute atomic E-state index is 0.0436. The van der Waals surface area contributed by atoms with Crippen LogP contribution < -0.4 is 10.3 Å². The molecule has 1 amide bonds. The molecule has 0 unspecified atom stereocenters. The number of hydrazone groups is 1. The zero-order valence-electron chi connectivity index (χ0n) is 16.3. The van der Waals surface area contributed by atoms with Crippen LogP contribution >= 0.6 is 0 Å². The highest BCUT2D eigenvalue weighted by molar-refractivity contribution is 5.95. The lowest BCUT2D eigenvalue weighted by atomic mass is 9.87. The number of amides is 1. The standard InChI is InChI=1S/C22H24FN3O/c1-14-9-20-19(15(2)12-22(3,4)26(20)5)11-17(14)13-24-25-21(27)16-7-6-8-18(23)10-16/h6-13H,1-5H3,(H,25,27)/b24-13-. The van der Waals surface area contributed by atoms with Crippen LogP contribution in [0.5, 0.6) is 0 Å². The molecule has 1 aliphatic heterocycles. The van der Waals surface area contributed by atoms with Crippen molar-refractivity contribution < 1.29 is 9.18 Å². The van der Waals surface area contributed by atoms with Gasteiger partial charge in [0.1, 0.15) is 5.82 Å². The smallest absolute Gasteiger partial charge is 0.271 e. The molecule has 27 heavy (non-hydrogen) atoms. The quantitative estimate of drug-likeness (QED) is 0.642. The number of allylic oxidation sites excluding steroid dienone is 1. The molecule has 0 fully saturated rings. The molecule has 0 bridgehead atoms. The van der Waals surface area contributed by atoms with Crippen LogP contribution in [0.1, 0.15) is 47.8 Å². The van der Waals surface area contributed by atoms with Crippen LogP contribution in [0.25, 0.3) is 5.57 Å². The van der Waals surface area contributed by atoms with Crippen molar-refractivity contribution in [3.63, 3.8) is 0 Å². The molecule has 2 aromatic rings. The number of carbonyl (C=O) groups excluding carboxylic acids is 1. The number of nitrogens with zero attached hydrogens (tertiary/aromatic N) is 2. The molecule has 0 saturated carbocycles. The fourth-order valence-corrected chi connectivity index (χ4v) is 3.31. The van der Waals surface area contributed by atoms with Crippen LogP contribution in [0.15, 0.2) is 47.6 Å². The number of anilines is 1. The van der Waals surface area contributed by atoms with E-state index in [1.165, 1.54) is 29.5 Å². The summed E-state index contributed by atoms with van der Waals surface area (Å²) in [5, 5.41) is 4.05. The highest BCUT2D eigenvalue weighted by Gasteiger charge is 2.28. The van der Waals surface area contributed by atoms with Gasteiger partial charge in [-0.1, -0.05) is 12.1 Å². The van der Waals surface area contributed by atoms with Gasteiger partial charge in [-0.05, 0) is 74.7 Å². The summed E-state index contributed by atoms with van der Waals surface area (Å²) in [6.07, 6.45) is 3.87. The van der Waals surface area contributed by atoms with Gasteiger partial charge >= 0.3 is 0 Å². The zero-order valence-corrected chi connectivity index (χ0v) is 16.3. The maximum atomic E-state index is 13.2. The molecule has 1 aliphatic rings. The molecular weight excluding hydrogens is 341 g/mol. The van der Waals surface area contributed by atoms with Gasteiger partial charge in [-0.2, -0.15) is 5.10 Å². The highest BCUT2D eigenvalue weighted by atomic mass is 19.1. The molecule has 0 radical (unpaired) electrons. The molecular formula is C22H24FN3O. The lowest BCUT2D eigenvalue weighted by Crippen LogP contribution is -2.42. The van der Waals surface area contributed by atoms with Gasteiger partial charge < -0.3 is 4.90 Å². The van der Waals surface area contributed by atoms with Crippen molar-refractivity contribution in [2.45, 2.75) is 33.2 Å². The molecule has 140 valence electrons. The molecule has 1 N–H and O–H groups in total. The number of nitrogens with one attached hydrogen (secondary N) is 1. The van der Waals surface area contributed by atoms with E-state index in [4.69, 9.17) is 0 Å². The number of benzene rings is 2. The topological polar surface area (TPSA) is 44.7 Å². The molecule has 3 rings (SSSR count). The molecule has 1 heterocycles. The molecule has 0 aliphatic carbocycles. The van der Waals surface area contributed by atoms with Crippen LogP contribution in [0.3, 0.4) is 0 Å². The van der Waals surface area contributed by atoms with Gasteiger partial charge in [-0.3, -0.25) is 4.79 Å². The third kappa shape index (κ3) is 3.77. The lowest BCUT2D eigenvalue weighted by molar-refractivity contribution is 0.0954. The van der Waals surface area contributed by atoms with Crippen molar-refractivity contribution >= 4 is 23.4 Å². The van der Waals surface area contributed by atoms with Gasteiger partial charge in [0.15, 0.2) is 0 Å². The summed E-state index contributed by atoms with van der Waals surface area (Å²) in [6, 6.07) is 9.74. The second-order valence-corrected chi connectivity index (χ2v) is 7.48. The number of rotatable bonds is 3. The summed E-state index contributed by atoms with van der Waals surface area (Å²) in [4.78, 5) is 14.3. The maximum Gasteiger partial charge on any atom is 0.271 e. The Balaban J connectivity index is 1.83. The number of carbonyl (C=O) groups is 1. The Hall–Kier alpha value is -2.95. The van der Waals surface area contributed by atoms with Gasteiger partial charge in [0.25, 0.3) is 5.91 Å². The van der Waals surface area contributed by atoms with E-state index in [-0.39, 0.29) is 11.1 Å². The highest BCUT2D eigenvalue weighted by Crippen LogP contribution is 2.38. The average molecular weight is 365 g/mol. The minimum atomic E-state index is -0.452. The summed E-state index contributed by atoms with van der Waals surface area (Å²) in [7, 11) is 2.09. The van der Waals surface area contributed by atoms with Crippen molar-refractivity contribution in [3.05, 3.63) is 70.5 Å². The molecule has 0 saturated heterocycles. The fraction of sp³-hybridized carbons (Fsp3) is 0.273. The Morgan fingerprint density at radius 2 is 1.96 bits per heavy atom. The predicted molar refractivity (Wildman–Crippen MR) is 109 cm³/mol. The Bertz CT molecular complexity index is 960. The van der Waals surface area contributed by atoms with E-state index in [1.54, 1.807) is 12.3 Å². The first-order valence-corrected chi connectivity index (χ1v) is 8.86. The van der Waals surface area contributed by atoms with E-state index in [1.807, 2.05) is 6.92 Å². The van der Waals surface area contributed by atoms with Crippen molar-refractivity contribution in [2.24, 2.45) is 5.10 Å². The molecule has 4 nitrogen and oxygen atoms in total. The van der Waals surface area contributed by atoms with Gasteiger partial charge in [0.05, 0.1) is 11.8 Å². The van der Waals surface area contributed by atoms with E-state index < -0.39 is 11.7 Å². The molecule has 0 atom stereocenters. The second-order valence-electron chi connectivity index (χ2n) is 7.48. The lowest BCUT2D eigenvalue weighted by Gasteiger charge is -2.41. The van der Waals surface area contributed by atoms with Gasteiger partial charge in [-0.25, -0.2) is 9.82 Å². The second kappa shape index (κ2) is 6.99. The maximum absolute atomic E-state index is 13.2. The number of likely N-dealkylation sites (N-methyl/N-ethyl adjacent to an activating group) is 1. The predicted octanol–water partition coefficient (Wildman–Crippen LogP) is 4.53. The normalized spacial score (nSPS) is 15.5. The van der Waals surface area contributed by atoms with Gasteiger partial charge in [0, 0.05) is 23.9 Å². The number of fused-ring (bicyclic) bond motifs is 1. The Morgan fingerprint density at radius 3 is 2.67 bits per heavy atom. The van der Waals surface area contributed by atoms with Gasteiger partial charge in [-0.15, -0.1) is 0 Å². The first-order valence-electron chi connectivity index (χ1n) is 8.86. The molecule has 2 aromatic carbocycles. The molecule has 0 spiro atoms. The summed E-state index contributed by atoms with van der Waals surface area (Å²) in [6.45, 7) is 8.50. The van der Waals surface area contributed by atoms with Crippen LogP contribution in [-0.4, -0.2) is 24.7 Å². The number of halogens is 1. The van der Waals surface area contributed by atoms with E-state index in [2.05, 4.69) is 61.5 Å². The minimum Gasteiger partial charge on any atom is -0.365 e. The number of hydrogen-bond acceptors (Lipinski definition) is 3. The van der Waals surface area contributed by atoms with Crippen molar-refractivity contribution in [1.29, 1.82) is 0 Å². The van der Waals surface area contributed by atoms with Crippen LogP contribution in [0.2, 0.25) is 0 Å². The van der Waals surface area contributed by atoms with Crippen LogP contribution in [-0.2, 0) is 0 Å². The zero-order chi connectivity index (χ0) is 19.8. The fourth-order valence-electron chi connectivity index (χ4n) is 3.31. The first-order chi connectivity index (χ1) is 12.7. The van der Waals surface area contributed by atoms with Gasteiger partial charge in [0.2, 0.25) is 0 Å². The number of hydrogen-bond donors (Lipinski definition) is 1. The van der Waals surface area contributed by atoms with E-state index >= 15 is 0 Å². The van der Waals surface area contributed by atoms with Crippen molar-refractivity contribution in [1.82, 2.24) is 5.43 Å². The van der Waals surface area contributed by atoms with E-state index in [0.29, 0.717) is 0 Å². The summed E-state index contributed by atoms with van der Waals surface area (Å²) in [5.41, 5.74) is 8.18. The average Bonchev–Trinajstić information content (AvgIpc) is 2.60. The molecule has 5 heteroatoms. The summed E-state index contributed by atoms with van der Waals surface area (Å²) >= 11 is 0. The Morgan fingerprint density at radius 1 is 1.22 bits per heavy atom. The largest absolute Gasteiger partial charge is 0.365 e. The Labute approximate surface area is 159 Å². The van der Waals surface area contributed by atoms with E-state index in [0.717, 1.165) is 16.7 Å². The number of aryl methyl sites for hydroxylation is 1. The Kier molecular flexibility index (Phi) is 4.87. The SMILES string of the molecule is CC1=CC(C)(C)N(C)c2cc(C)c(/C=N\NC(=O)c3cccc(F)c3)cc21. The monoisotopic (exact) mass is 365 g/mol. The molecule has 0 aromatic heterocycles. The van der Waals surface area contributed by atoms with Crippen molar-refractivity contribution in [3.8, 4) is 0 Å². The van der Waals surface area contributed by atoms with E-state index in [9.17, 15) is 9.18 Å². The summed E-state index contributed by atoms with van der Waals surface area (Å²) < 4.78 is 13.2. The van der Waals surface area contributed by atoms with Crippen LogP contribution in [0, 0.1) is 12.7 Å². The summed E-state index contributed by atoms with van der Waals surface area (Å²) in [5.74, 6) is -0.898. The first kappa shape index (κ1) is 18.8. The van der Waals surface area contributed by atoms with Crippen molar-refractivity contribution in [2.75, 3.05) is 11.9 Å². The third-order valence-corrected chi connectivity index (χ3v) is 5.06. The third-order valence-electron chi connectivity index (χ3n) is 5.06.